The van der Waals surface area contributed by atoms with Crippen molar-refractivity contribution >= 4 is 5.91 Å². The molecule has 0 atom stereocenters. The Morgan fingerprint density at radius 2 is 1.74 bits per heavy atom. The molecular weight excluding hydrogens is 286 g/mol. The van der Waals surface area contributed by atoms with E-state index in [2.05, 4.69) is 11.0 Å². The highest BCUT2D eigenvalue weighted by atomic mass is 16.2. The minimum atomic E-state index is 0.264. The van der Waals surface area contributed by atoms with Gasteiger partial charge < -0.3 is 4.90 Å². The Hall–Kier alpha value is -1.86. The number of benzene rings is 1. The second kappa shape index (κ2) is 7.61. The maximum Gasteiger partial charge on any atom is 0.222 e. The summed E-state index contributed by atoms with van der Waals surface area (Å²) in [5.74, 6) is 0.264. The van der Waals surface area contributed by atoms with Gasteiger partial charge in [-0.1, -0.05) is 25.0 Å². The third kappa shape index (κ3) is 4.11. The molecule has 2 fully saturated rings. The van der Waals surface area contributed by atoms with Crippen molar-refractivity contribution < 1.29 is 4.79 Å². The SMILES string of the molecule is N#Cc1ccc(CCC(=O)N2CCN(C3CCCC3)CC2)cc1. The largest absolute Gasteiger partial charge is 0.340 e. The Balaban J connectivity index is 1.43. The van der Waals surface area contributed by atoms with E-state index in [0.717, 1.165) is 44.2 Å². The Labute approximate surface area is 138 Å². The van der Waals surface area contributed by atoms with Gasteiger partial charge in [-0.3, -0.25) is 9.69 Å². The number of rotatable bonds is 4. The highest BCUT2D eigenvalue weighted by molar-refractivity contribution is 5.76. The summed E-state index contributed by atoms with van der Waals surface area (Å²) in [7, 11) is 0. The van der Waals surface area contributed by atoms with E-state index >= 15 is 0 Å². The Morgan fingerprint density at radius 1 is 1.09 bits per heavy atom. The second-order valence-corrected chi connectivity index (χ2v) is 6.66. The van der Waals surface area contributed by atoms with Crippen LogP contribution in [0.25, 0.3) is 0 Å². The number of nitriles is 1. The predicted molar refractivity (Wildman–Crippen MR) is 89.9 cm³/mol. The molecule has 0 radical (unpaired) electrons. The summed E-state index contributed by atoms with van der Waals surface area (Å²) in [4.78, 5) is 17.0. The number of hydrogen-bond acceptors (Lipinski definition) is 3. The summed E-state index contributed by atoms with van der Waals surface area (Å²) in [5, 5.41) is 8.80. The molecule has 4 nitrogen and oxygen atoms in total. The molecule has 122 valence electrons. The molecule has 2 aliphatic rings. The van der Waals surface area contributed by atoms with Gasteiger partial charge in [0.25, 0.3) is 0 Å². The molecule has 1 aromatic carbocycles. The van der Waals surface area contributed by atoms with Gasteiger partial charge in [0.2, 0.25) is 5.91 Å². The molecule has 0 spiro atoms. The lowest BCUT2D eigenvalue weighted by atomic mass is 10.1. The van der Waals surface area contributed by atoms with E-state index in [1.54, 1.807) is 0 Å². The van der Waals surface area contributed by atoms with Crippen molar-refractivity contribution in [2.75, 3.05) is 26.2 Å². The first kappa shape index (κ1) is 16.0. The van der Waals surface area contributed by atoms with Crippen molar-refractivity contribution in [3.8, 4) is 6.07 Å². The zero-order chi connectivity index (χ0) is 16.1. The number of carbonyl (C=O) groups is 1. The van der Waals surface area contributed by atoms with Crippen molar-refractivity contribution in [3.05, 3.63) is 35.4 Å². The lowest BCUT2D eigenvalue weighted by molar-refractivity contribution is -0.133. The van der Waals surface area contributed by atoms with E-state index in [1.807, 2.05) is 29.2 Å². The van der Waals surface area contributed by atoms with Crippen LogP contribution in [-0.4, -0.2) is 47.9 Å². The molecular formula is C19H25N3O. The van der Waals surface area contributed by atoms with Gasteiger partial charge in [-0.05, 0) is 37.0 Å². The minimum absolute atomic E-state index is 0.264. The first-order valence-corrected chi connectivity index (χ1v) is 8.77. The van der Waals surface area contributed by atoms with Crippen LogP contribution in [0.5, 0.6) is 0 Å². The van der Waals surface area contributed by atoms with Crippen molar-refractivity contribution in [2.45, 2.75) is 44.6 Å². The molecule has 23 heavy (non-hydrogen) atoms. The number of amides is 1. The van der Waals surface area contributed by atoms with Crippen LogP contribution in [0.15, 0.2) is 24.3 Å². The van der Waals surface area contributed by atoms with Crippen LogP contribution in [0.1, 0.15) is 43.2 Å². The monoisotopic (exact) mass is 311 g/mol. The van der Waals surface area contributed by atoms with E-state index in [0.29, 0.717) is 12.0 Å². The smallest absolute Gasteiger partial charge is 0.222 e. The fourth-order valence-electron chi connectivity index (χ4n) is 3.76. The maximum absolute atomic E-state index is 12.4. The molecule has 1 heterocycles. The van der Waals surface area contributed by atoms with Gasteiger partial charge >= 0.3 is 0 Å². The Bertz CT molecular complexity index is 561. The molecule has 1 saturated heterocycles. The van der Waals surface area contributed by atoms with Crippen LogP contribution in [0, 0.1) is 11.3 Å². The van der Waals surface area contributed by atoms with E-state index < -0.39 is 0 Å². The minimum Gasteiger partial charge on any atom is -0.340 e. The van der Waals surface area contributed by atoms with Gasteiger partial charge in [0.15, 0.2) is 0 Å². The lowest BCUT2D eigenvalue weighted by Crippen LogP contribution is -2.51. The van der Waals surface area contributed by atoms with Crippen molar-refractivity contribution in [1.82, 2.24) is 9.80 Å². The molecule has 0 N–H and O–H groups in total. The zero-order valence-electron chi connectivity index (χ0n) is 13.7. The van der Waals surface area contributed by atoms with Crippen LogP contribution in [-0.2, 0) is 11.2 Å². The van der Waals surface area contributed by atoms with Crippen LogP contribution in [0.4, 0.5) is 0 Å². The highest BCUT2D eigenvalue weighted by Crippen LogP contribution is 2.24. The zero-order valence-corrected chi connectivity index (χ0v) is 13.7. The van der Waals surface area contributed by atoms with Gasteiger partial charge in [-0.2, -0.15) is 5.26 Å². The summed E-state index contributed by atoms with van der Waals surface area (Å²) in [6.45, 7) is 3.83. The van der Waals surface area contributed by atoms with Gasteiger partial charge in [0.1, 0.15) is 0 Å². The topological polar surface area (TPSA) is 47.3 Å². The number of hydrogen-bond donors (Lipinski definition) is 0. The first-order chi connectivity index (χ1) is 11.3. The van der Waals surface area contributed by atoms with Crippen LogP contribution in [0.3, 0.4) is 0 Å². The average Bonchev–Trinajstić information content (AvgIpc) is 3.15. The van der Waals surface area contributed by atoms with Crippen LogP contribution in [0.2, 0.25) is 0 Å². The average molecular weight is 311 g/mol. The number of nitrogens with zero attached hydrogens (tertiary/aromatic N) is 3. The summed E-state index contributed by atoms with van der Waals surface area (Å²) < 4.78 is 0. The molecule has 0 bridgehead atoms. The fourth-order valence-corrected chi connectivity index (χ4v) is 3.76. The predicted octanol–water partition coefficient (Wildman–Crippen LogP) is 2.58. The third-order valence-electron chi connectivity index (χ3n) is 5.22. The van der Waals surface area contributed by atoms with Crippen molar-refractivity contribution in [3.63, 3.8) is 0 Å². The number of aryl methyl sites for hydroxylation is 1. The third-order valence-corrected chi connectivity index (χ3v) is 5.22. The maximum atomic E-state index is 12.4. The van der Waals surface area contributed by atoms with Crippen molar-refractivity contribution in [2.24, 2.45) is 0 Å². The van der Waals surface area contributed by atoms with Gasteiger partial charge in [0.05, 0.1) is 11.6 Å². The molecule has 1 aromatic rings. The molecule has 3 rings (SSSR count). The van der Waals surface area contributed by atoms with Gasteiger partial charge in [0, 0.05) is 38.6 Å². The summed E-state index contributed by atoms with van der Waals surface area (Å²) in [5.41, 5.74) is 1.80. The number of carbonyl (C=O) groups excluding carboxylic acids is 1. The normalized spacial score (nSPS) is 19.7. The van der Waals surface area contributed by atoms with E-state index in [1.165, 1.54) is 25.7 Å². The van der Waals surface area contributed by atoms with Gasteiger partial charge in [-0.15, -0.1) is 0 Å². The Morgan fingerprint density at radius 3 is 2.35 bits per heavy atom. The molecule has 1 aliphatic heterocycles. The fraction of sp³-hybridized carbons (Fsp3) is 0.579. The molecule has 4 heteroatoms. The molecule has 0 aromatic heterocycles. The van der Waals surface area contributed by atoms with E-state index in [4.69, 9.17) is 5.26 Å². The van der Waals surface area contributed by atoms with E-state index in [9.17, 15) is 4.79 Å². The van der Waals surface area contributed by atoms with Crippen LogP contribution >= 0.6 is 0 Å². The molecule has 1 saturated carbocycles. The standard InChI is InChI=1S/C19H25N3O/c20-15-17-7-5-16(6-8-17)9-10-19(23)22-13-11-21(12-14-22)18-3-1-2-4-18/h5-8,18H,1-4,9-14H2. The first-order valence-electron chi connectivity index (χ1n) is 8.77. The second-order valence-electron chi connectivity index (χ2n) is 6.66. The summed E-state index contributed by atoms with van der Waals surface area (Å²) >= 11 is 0. The quantitative estimate of drug-likeness (QED) is 0.858. The van der Waals surface area contributed by atoms with Gasteiger partial charge in [-0.25, -0.2) is 0 Å². The number of piperazine rings is 1. The Kier molecular flexibility index (Phi) is 5.30. The molecule has 1 aliphatic carbocycles. The highest BCUT2D eigenvalue weighted by Gasteiger charge is 2.27. The molecule has 0 unspecified atom stereocenters. The summed E-state index contributed by atoms with van der Waals surface area (Å²) in [6.07, 6.45) is 6.74. The van der Waals surface area contributed by atoms with Crippen molar-refractivity contribution in [1.29, 1.82) is 5.26 Å². The molecule has 1 amide bonds. The lowest BCUT2D eigenvalue weighted by Gasteiger charge is -2.38. The van der Waals surface area contributed by atoms with E-state index in [-0.39, 0.29) is 5.91 Å². The summed E-state index contributed by atoms with van der Waals surface area (Å²) in [6, 6.07) is 10.4. The van der Waals surface area contributed by atoms with Crippen LogP contribution < -0.4 is 0 Å².